The Balaban J connectivity index is 1.14. The van der Waals surface area contributed by atoms with Crippen molar-refractivity contribution in [1.82, 2.24) is 0 Å². The molecule has 0 saturated heterocycles. The van der Waals surface area contributed by atoms with Gasteiger partial charge in [-0.25, -0.2) is 0 Å². The van der Waals surface area contributed by atoms with Crippen LogP contribution in [0.2, 0.25) is 0 Å². The molecule has 0 saturated carbocycles. The first kappa shape index (κ1) is 26.6. The number of benzene rings is 10. The Morgan fingerprint density at radius 2 is 0.898 bits per heavy atom. The van der Waals surface area contributed by atoms with E-state index in [9.17, 15) is 0 Å². The molecule has 0 aliphatic carbocycles. The van der Waals surface area contributed by atoms with Crippen LogP contribution < -0.4 is 0 Å². The molecule has 0 bridgehead atoms. The van der Waals surface area contributed by atoms with E-state index in [1.165, 1.54) is 81.7 Å². The molecule has 0 spiro atoms. The quantitative estimate of drug-likeness (QED) is 0.179. The lowest BCUT2D eigenvalue weighted by molar-refractivity contribution is 0.669. The molecule has 0 radical (unpaired) electrons. The average molecular weight is 621 g/mol. The summed E-state index contributed by atoms with van der Waals surface area (Å²) in [7, 11) is 0. The van der Waals surface area contributed by atoms with Crippen molar-refractivity contribution in [2.45, 2.75) is 0 Å². The number of fused-ring (bicyclic) bond motifs is 6. The standard InChI is InChI=1S/C48H28O/c1-2-7-29(8-3-1)34-21-26-42-45(28-34)49-44-12-6-11-39(48(42)44)38-23-18-33-19-24-40-37(22-17-32-20-25-41(38)47(33)46(32)40)35-16-15-31-14-13-30-9-4-5-10-36(30)43(31)27-35/h1-28H. The molecule has 0 aliphatic heterocycles. The van der Waals surface area contributed by atoms with Crippen LogP contribution in [-0.2, 0) is 0 Å². The minimum absolute atomic E-state index is 0.911. The minimum atomic E-state index is 0.911. The summed E-state index contributed by atoms with van der Waals surface area (Å²) in [6.45, 7) is 0. The van der Waals surface area contributed by atoms with E-state index in [1.807, 2.05) is 0 Å². The zero-order valence-corrected chi connectivity index (χ0v) is 26.6. The maximum atomic E-state index is 6.52. The fourth-order valence-corrected chi connectivity index (χ4v) is 8.32. The van der Waals surface area contributed by atoms with Crippen LogP contribution in [0.1, 0.15) is 0 Å². The van der Waals surface area contributed by atoms with Crippen molar-refractivity contribution in [2.75, 3.05) is 0 Å². The van der Waals surface area contributed by atoms with Gasteiger partial charge in [0.2, 0.25) is 0 Å². The van der Waals surface area contributed by atoms with E-state index in [0.717, 1.165) is 27.5 Å². The predicted octanol–water partition coefficient (Wildman–Crippen LogP) is 13.8. The van der Waals surface area contributed by atoms with Crippen LogP contribution in [0, 0.1) is 0 Å². The third-order valence-electron chi connectivity index (χ3n) is 10.6. The Hall–Kier alpha value is -6.44. The van der Waals surface area contributed by atoms with Gasteiger partial charge in [0, 0.05) is 10.8 Å². The summed E-state index contributed by atoms with van der Waals surface area (Å²) >= 11 is 0. The average Bonchev–Trinajstić information content (AvgIpc) is 3.55. The Bertz CT molecular complexity index is 3090. The van der Waals surface area contributed by atoms with E-state index in [-0.39, 0.29) is 0 Å². The van der Waals surface area contributed by atoms with Crippen LogP contribution in [0.4, 0.5) is 0 Å². The van der Waals surface area contributed by atoms with Gasteiger partial charge in [-0.05, 0) is 112 Å². The molecule has 11 aromatic rings. The highest BCUT2D eigenvalue weighted by molar-refractivity contribution is 6.29. The number of hydrogen-bond donors (Lipinski definition) is 0. The minimum Gasteiger partial charge on any atom is -0.456 e. The maximum absolute atomic E-state index is 6.52. The van der Waals surface area contributed by atoms with Crippen molar-refractivity contribution in [3.8, 4) is 33.4 Å². The second kappa shape index (κ2) is 10.0. The molecule has 0 fully saturated rings. The Kier molecular flexibility index (Phi) is 5.45. The zero-order chi connectivity index (χ0) is 32.1. The van der Waals surface area contributed by atoms with Crippen molar-refractivity contribution < 1.29 is 4.42 Å². The summed E-state index contributed by atoms with van der Waals surface area (Å²) in [5.41, 5.74) is 9.10. The molecule has 1 heterocycles. The van der Waals surface area contributed by atoms with Gasteiger partial charge in [-0.15, -0.1) is 0 Å². The van der Waals surface area contributed by atoms with Crippen LogP contribution >= 0.6 is 0 Å². The lowest BCUT2D eigenvalue weighted by Gasteiger charge is -2.17. The van der Waals surface area contributed by atoms with Crippen molar-refractivity contribution in [3.05, 3.63) is 170 Å². The molecule has 1 aromatic heterocycles. The summed E-state index contributed by atoms with van der Waals surface area (Å²) in [5.74, 6) is 0. The molecule has 49 heavy (non-hydrogen) atoms. The highest BCUT2D eigenvalue weighted by atomic mass is 16.3. The number of rotatable bonds is 3. The molecule has 0 amide bonds. The van der Waals surface area contributed by atoms with Gasteiger partial charge in [0.25, 0.3) is 0 Å². The van der Waals surface area contributed by atoms with Crippen LogP contribution in [0.3, 0.4) is 0 Å². The van der Waals surface area contributed by atoms with Crippen molar-refractivity contribution in [3.63, 3.8) is 0 Å². The van der Waals surface area contributed by atoms with Gasteiger partial charge >= 0.3 is 0 Å². The highest BCUT2D eigenvalue weighted by Crippen LogP contribution is 2.45. The van der Waals surface area contributed by atoms with E-state index >= 15 is 0 Å². The SMILES string of the molecule is c1ccc(-c2ccc3c(c2)oc2cccc(-c4ccc5ccc6c(-c7ccc8ccc9ccccc9c8c7)ccc7ccc4c5c76)c23)cc1. The Morgan fingerprint density at radius 3 is 1.73 bits per heavy atom. The second-order valence-electron chi connectivity index (χ2n) is 13.2. The lowest BCUT2D eigenvalue weighted by Crippen LogP contribution is -1.90. The van der Waals surface area contributed by atoms with E-state index < -0.39 is 0 Å². The first-order chi connectivity index (χ1) is 24.3. The molecule has 11 rings (SSSR count). The first-order valence-corrected chi connectivity index (χ1v) is 16.9. The van der Waals surface area contributed by atoms with Crippen LogP contribution in [0.5, 0.6) is 0 Å². The van der Waals surface area contributed by atoms with Crippen molar-refractivity contribution in [2.24, 2.45) is 0 Å². The second-order valence-corrected chi connectivity index (χ2v) is 13.2. The third-order valence-corrected chi connectivity index (χ3v) is 10.6. The highest BCUT2D eigenvalue weighted by Gasteiger charge is 2.18. The summed E-state index contributed by atoms with van der Waals surface area (Å²) in [5, 5.41) is 15.1. The van der Waals surface area contributed by atoms with Gasteiger partial charge in [0.1, 0.15) is 11.2 Å². The van der Waals surface area contributed by atoms with E-state index in [0.29, 0.717) is 0 Å². The van der Waals surface area contributed by atoms with Crippen LogP contribution in [0.25, 0.3) is 109 Å². The Morgan fingerprint density at radius 1 is 0.265 bits per heavy atom. The summed E-state index contributed by atoms with van der Waals surface area (Å²) in [4.78, 5) is 0. The van der Waals surface area contributed by atoms with Gasteiger partial charge in [-0.3, -0.25) is 0 Å². The molecule has 0 N–H and O–H groups in total. The molecule has 1 heteroatoms. The molecule has 1 nitrogen and oxygen atoms in total. The topological polar surface area (TPSA) is 13.1 Å². The van der Waals surface area contributed by atoms with Gasteiger partial charge < -0.3 is 4.42 Å². The zero-order valence-electron chi connectivity index (χ0n) is 26.6. The molecule has 0 aliphatic rings. The Labute approximate surface area is 282 Å². The van der Waals surface area contributed by atoms with Gasteiger partial charge in [0.05, 0.1) is 0 Å². The molecule has 0 unspecified atom stereocenters. The molecular formula is C48H28O. The monoisotopic (exact) mass is 620 g/mol. The molecule has 10 aromatic carbocycles. The van der Waals surface area contributed by atoms with Crippen molar-refractivity contribution >= 4 is 75.8 Å². The third kappa shape index (κ3) is 3.87. The molecule has 226 valence electrons. The van der Waals surface area contributed by atoms with Gasteiger partial charge in [-0.2, -0.15) is 0 Å². The number of furan rings is 1. The largest absolute Gasteiger partial charge is 0.456 e. The molecule has 0 atom stereocenters. The van der Waals surface area contributed by atoms with E-state index in [4.69, 9.17) is 4.42 Å². The normalized spacial score (nSPS) is 12.1. The fourth-order valence-electron chi connectivity index (χ4n) is 8.32. The summed E-state index contributed by atoms with van der Waals surface area (Å²) in [6.07, 6.45) is 0. The van der Waals surface area contributed by atoms with E-state index in [2.05, 4.69) is 170 Å². The van der Waals surface area contributed by atoms with Crippen molar-refractivity contribution in [1.29, 1.82) is 0 Å². The molecular weight excluding hydrogens is 593 g/mol. The summed E-state index contributed by atoms with van der Waals surface area (Å²) in [6, 6.07) is 62.1. The number of hydrogen-bond acceptors (Lipinski definition) is 1. The lowest BCUT2D eigenvalue weighted by atomic mass is 9.86. The van der Waals surface area contributed by atoms with Gasteiger partial charge in [0.15, 0.2) is 0 Å². The van der Waals surface area contributed by atoms with E-state index in [1.54, 1.807) is 0 Å². The first-order valence-electron chi connectivity index (χ1n) is 16.9. The maximum Gasteiger partial charge on any atom is 0.136 e. The summed E-state index contributed by atoms with van der Waals surface area (Å²) < 4.78 is 6.52. The van der Waals surface area contributed by atoms with Gasteiger partial charge in [-0.1, -0.05) is 146 Å². The smallest absolute Gasteiger partial charge is 0.136 e. The van der Waals surface area contributed by atoms with Crippen LogP contribution in [-0.4, -0.2) is 0 Å². The van der Waals surface area contributed by atoms with Crippen LogP contribution in [0.15, 0.2) is 174 Å². The fraction of sp³-hybridized carbons (Fsp3) is 0. The predicted molar refractivity (Wildman–Crippen MR) is 209 cm³/mol.